The summed E-state index contributed by atoms with van der Waals surface area (Å²) in [4.78, 5) is 18.1. The average Bonchev–Trinajstić information content (AvgIpc) is 3.20. The van der Waals surface area contributed by atoms with Crippen molar-refractivity contribution in [2.75, 3.05) is 0 Å². The van der Waals surface area contributed by atoms with E-state index in [0.29, 0.717) is 23.3 Å². The van der Waals surface area contributed by atoms with Gasteiger partial charge in [-0.15, -0.1) is 0 Å². The highest BCUT2D eigenvalue weighted by atomic mass is 79.9. The Morgan fingerprint density at radius 1 is 0.950 bits per heavy atom. The third-order valence-electron chi connectivity index (χ3n) is 6.64. The summed E-state index contributed by atoms with van der Waals surface area (Å²) < 4.78 is 12.4. The summed E-state index contributed by atoms with van der Waals surface area (Å²) in [5.41, 5.74) is 5.57. The minimum atomic E-state index is -0.189. The van der Waals surface area contributed by atoms with Gasteiger partial charge in [0.05, 0.1) is 17.1 Å². The Bertz CT molecular complexity index is 1800. The lowest BCUT2D eigenvalue weighted by Crippen LogP contribution is -2.23. The van der Waals surface area contributed by atoms with E-state index in [0.717, 1.165) is 47.4 Å². The molecule has 40 heavy (non-hydrogen) atoms. The first-order chi connectivity index (χ1) is 19.1. The smallest absolute Gasteiger partial charge is 0.282 e. The second-order valence-electron chi connectivity index (χ2n) is 9.83. The molecule has 0 amide bonds. The molecule has 0 spiro atoms. The summed E-state index contributed by atoms with van der Waals surface area (Å²) in [6, 6.07) is 21.7. The van der Waals surface area contributed by atoms with Gasteiger partial charge in [-0.3, -0.25) is 4.79 Å². The largest absolute Gasteiger partial charge is 0.489 e. The fourth-order valence-corrected chi connectivity index (χ4v) is 6.10. The van der Waals surface area contributed by atoms with Crippen LogP contribution in [-0.4, -0.2) is 20.4 Å². The van der Waals surface area contributed by atoms with Crippen LogP contribution in [0.25, 0.3) is 16.6 Å². The summed E-state index contributed by atoms with van der Waals surface area (Å²) in [6.45, 7) is 8.59. The number of halogens is 3. The zero-order valence-electron chi connectivity index (χ0n) is 22.5. The second-order valence-corrected chi connectivity index (χ2v) is 12.5. The molecule has 6 nitrogen and oxygen atoms in total. The third kappa shape index (κ3) is 5.87. The van der Waals surface area contributed by atoms with E-state index in [1.165, 1.54) is 4.68 Å². The lowest BCUT2D eigenvalue weighted by atomic mass is 10.2. The number of fused-ring (bicyclic) bond motifs is 1. The Balaban J connectivity index is 1.41. The van der Waals surface area contributed by atoms with Gasteiger partial charge in [0.1, 0.15) is 18.2 Å². The van der Waals surface area contributed by atoms with Crippen LogP contribution in [0.4, 0.5) is 0 Å². The van der Waals surface area contributed by atoms with Crippen LogP contribution in [0.2, 0.25) is 0 Å². The van der Waals surface area contributed by atoms with Gasteiger partial charge in [0.25, 0.3) is 5.56 Å². The SMILES string of the molecule is Cc1cc(C=Nn2c(C(C)C)nc3ccc(Br)cc3c2=O)c(C)n1-c1ccc(OCc2ccc(Br)cc2Br)cc1. The molecular weight excluding hydrogens is 700 g/mol. The standard InChI is InChI=1S/C31H27Br3N4O2/c1-18(2)30-36-29-12-7-23(32)14-27(29)31(39)38(30)35-16-22-13-19(3)37(20(22)4)25-8-10-26(11-9-25)40-17-21-5-6-24(33)15-28(21)34/h5-16,18H,17H2,1-4H3. The molecule has 0 aliphatic heterocycles. The summed E-state index contributed by atoms with van der Waals surface area (Å²) in [7, 11) is 0. The number of hydrogen-bond acceptors (Lipinski definition) is 4. The van der Waals surface area contributed by atoms with Gasteiger partial charge in [-0.05, 0) is 74.5 Å². The van der Waals surface area contributed by atoms with Crippen molar-refractivity contribution < 1.29 is 4.74 Å². The molecule has 0 aliphatic rings. The Kier molecular flexibility index (Phi) is 8.44. The molecule has 0 N–H and O–H groups in total. The van der Waals surface area contributed by atoms with E-state index in [-0.39, 0.29) is 11.5 Å². The lowest BCUT2D eigenvalue weighted by Gasteiger charge is -2.12. The Morgan fingerprint density at radius 2 is 1.65 bits per heavy atom. The summed E-state index contributed by atoms with van der Waals surface area (Å²) in [5.74, 6) is 1.44. The Labute approximate surface area is 258 Å². The number of rotatable bonds is 7. The molecule has 0 unspecified atom stereocenters. The lowest BCUT2D eigenvalue weighted by molar-refractivity contribution is 0.305. The van der Waals surface area contributed by atoms with Crippen LogP contribution >= 0.6 is 47.8 Å². The first-order valence-corrected chi connectivity index (χ1v) is 15.1. The van der Waals surface area contributed by atoms with Gasteiger partial charge in [-0.2, -0.15) is 9.78 Å². The molecule has 0 atom stereocenters. The van der Waals surface area contributed by atoms with Crippen molar-refractivity contribution in [3.63, 3.8) is 0 Å². The maximum absolute atomic E-state index is 13.4. The van der Waals surface area contributed by atoms with E-state index in [1.807, 2.05) is 75.4 Å². The van der Waals surface area contributed by atoms with Crippen LogP contribution in [-0.2, 0) is 6.61 Å². The molecule has 5 aromatic rings. The van der Waals surface area contributed by atoms with Gasteiger partial charge < -0.3 is 9.30 Å². The highest BCUT2D eigenvalue weighted by Gasteiger charge is 2.15. The van der Waals surface area contributed by atoms with Crippen LogP contribution in [0.15, 0.2) is 90.0 Å². The van der Waals surface area contributed by atoms with Gasteiger partial charge in [-0.1, -0.05) is 67.7 Å². The van der Waals surface area contributed by atoms with Crippen LogP contribution < -0.4 is 10.3 Å². The van der Waals surface area contributed by atoms with Crippen molar-refractivity contribution in [2.24, 2.45) is 5.10 Å². The third-order valence-corrected chi connectivity index (χ3v) is 8.36. The fourth-order valence-electron chi connectivity index (χ4n) is 4.58. The monoisotopic (exact) mass is 724 g/mol. The number of aryl methyl sites for hydroxylation is 1. The quantitative estimate of drug-likeness (QED) is 0.158. The molecule has 0 radical (unpaired) electrons. The molecule has 204 valence electrons. The van der Waals surface area contributed by atoms with E-state index in [1.54, 1.807) is 12.3 Å². The zero-order chi connectivity index (χ0) is 28.6. The van der Waals surface area contributed by atoms with E-state index in [4.69, 9.17) is 9.72 Å². The predicted molar refractivity (Wildman–Crippen MR) is 172 cm³/mol. The molecule has 0 bridgehead atoms. The normalized spacial score (nSPS) is 11.7. The maximum atomic E-state index is 13.4. The van der Waals surface area contributed by atoms with Crippen molar-refractivity contribution in [1.29, 1.82) is 0 Å². The predicted octanol–water partition coefficient (Wildman–Crippen LogP) is 8.68. The Hall–Kier alpha value is -3.01. The molecule has 5 rings (SSSR count). The number of hydrogen-bond donors (Lipinski definition) is 0. The van der Waals surface area contributed by atoms with E-state index in [9.17, 15) is 4.79 Å². The first kappa shape index (κ1) is 28.5. The van der Waals surface area contributed by atoms with Crippen molar-refractivity contribution in [2.45, 2.75) is 40.2 Å². The van der Waals surface area contributed by atoms with Crippen molar-refractivity contribution in [3.8, 4) is 11.4 Å². The summed E-state index contributed by atoms with van der Waals surface area (Å²) >= 11 is 10.5. The zero-order valence-corrected chi connectivity index (χ0v) is 27.2. The fraction of sp³-hybridized carbons (Fsp3) is 0.194. The maximum Gasteiger partial charge on any atom is 0.282 e. The highest BCUT2D eigenvalue weighted by Crippen LogP contribution is 2.26. The molecule has 0 saturated carbocycles. The van der Waals surface area contributed by atoms with Gasteiger partial charge in [-0.25, -0.2) is 4.98 Å². The molecule has 0 aliphatic carbocycles. The minimum absolute atomic E-state index is 0.0240. The molecule has 3 aromatic carbocycles. The number of nitrogens with zero attached hydrogens (tertiary/aromatic N) is 4. The van der Waals surface area contributed by atoms with Crippen LogP contribution in [0, 0.1) is 13.8 Å². The van der Waals surface area contributed by atoms with E-state index >= 15 is 0 Å². The molecular formula is C31H27Br3N4O2. The van der Waals surface area contributed by atoms with Crippen LogP contribution in [0.5, 0.6) is 5.75 Å². The van der Waals surface area contributed by atoms with Gasteiger partial charge in [0.2, 0.25) is 0 Å². The first-order valence-electron chi connectivity index (χ1n) is 12.7. The minimum Gasteiger partial charge on any atom is -0.489 e. The average molecular weight is 727 g/mol. The second kappa shape index (κ2) is 11.8. The van der Waals surface area contributed by atoms with Crippen molar-refractivity contribution >= 4 is 64.9 Å². The van der Waals surface area contributed by atoms with Gasteiger partial charge in [0, 0.05) is 47.5 Å². The van der Waals surface area contributed by atoms with Gasteiger partial charge in [0.15, 0.2) is 0 Å². The Morgan fingerprint density at radius 3 is 2.35 bits per heavy atom. The molecule has 0 saturated heterocycles. The van der Waals surface area contributed by atoms with E-state index < -0.39 is 0 Å². The number of aromatic nitrogens is 3. The van der Waals surface area contributed by atoms with Crippen LogP contribution in [0.3, 0.4) is 0 Å². The summed E-state index contributed by atoms with van der Waals surface area (Å²) in [6.07, 6.45) is 1.74. The molecule has 2 heterocycles. The van der Waals surface area contributed by atoms with Crippen LogP contribution in [0.1, 0.15) is 48.1 Å². The number of benzene rings is 3. The number of ether oxygens (including phenoxy) is 1. The van der Waals surface area contributed by atoms with E-state index in [2.05, 4.69) is 70.4 Å². The summed E-state index contributed by atoms with van der Waals surface area (Å²) in [5, 5.41) is 5.15. The van der Waals surface area contributed by atoms with Gasteiger partial charge >= 0.3 is 0 Å². The topological polar surface area (TPSA) is 61.4 Å². The molecule has 2 aromatic heterocycles. The molecule has 0 fully saturated rings. The highest BCUT2D eigenvalue weighted by molar-refractivity contribution is 9.11. The molecule has 9 heteroatoms. The van der Waals surface area contributed by atoms with Crippen molar-refractivity contribution in [1.82, 2.24) is 14.2 Å². The van der Waals surface area contributed by atoms with Crippen molar-refractivity contribution in [3.05, 3.63) is 119 Å².